The monoisotopic (exact) mass is 755 g/mol. The van der Waals surface area contributed by atoms with Gasteiger partial charge in [0.2, 0.25) is 0 Å². The lowest BCUT2D eigenvalue weighted by atomic mass is 9.95. The zero-order chi connectivity index (χ0) is 38.4. The van der Waals surface area contributed by atoms with Crippen LogP contribution in [0.5, 0.6) is 0 Å². The minimum atomic E-state index is 1.09. The summed E-state index contributed by atoms with van der Waals surface area (Å²) in [7, 11) is 0. The van der Waals surface area contributed by atoms with Gasteiger partial charge in [0.15, 0.2) is 0 Å². The lowest BCUT2D eigenvalue weighted by molar-refractivity contribution is 1.28. The predicted molar refractivity (Wildman–Crippen MR) is 251 cm³/mol. The maximum atomic E-state index is 2.45. The maximum absolute atomic E-state index is 2.45. The van der Waals surface area contributed by atoms with Crippen LogP contribution in [0.3, 0.4) is 0 Å². The Bertz CT molecular complexity index is 3280. The fourth-order valence-electron chi connectivity index (χ4n) is 8.61. The van der Waals surface area contributed by atoms with Gasteiger partial charge in [-0.25, -0.2) is 0 Å². The Hall–Kier alpha value is -7.26. The molecule has 10 aromatic carbocycles. The van der Waals surface area contributed by atoms with Gasteiger partial charge in [-0.05, 0) is 103 Å². The lowest BCUT2D eigenvalue weighted by Gasteiger charge is -2.29. The molecule has 1 heterocycles. The van der Waals surface area contributed by atoms with E-state index in [1.54, 1.807) is 0 Å². The van der Waals surface area contributed by atoms with E-state index in [0.29, 0.717) is 0 Å². The normalized spacial score (nSPS) is 11.4. The van der Waals surface area contributed by atoms with Crippen molar-refractivity contribution in [3.63, 3.8) is 0 Å². The quantitative estimate of drug-likeness (QED) is 0.157. The van der Waals surface area contributed by atoms with Crippen LogP contribution in [0.4, 0.5) is 17.1 Å². The molecule has 0 spiro atoms. The third-order valence-electron chi connectivity index (χ3n) is 11.5. The Morgan fingerprint density at radius 3 is 1.78 bits per heavy atom. The number of fused-ring (bicyclic) bond motifs is 5. The molecule has 0 aliphatic carbocycles. The van der Waals surface area contributed by atoms with Crippen LogP contribution < -0.4 is 4.90 Å². The second-order valence-corrected chi connectivity index (χ2v) is 16.0. The predicted octanol–water partition coefficient (Wildman–Crippen LogP) is 16.5. The summed E-state index contributed by atoms with van der Waals surface area (Å²) in [6.45, 7) is 0. The molecular weight excluding hydrogens is 719 g/mol. The number of hydrogen-bond acceptors (Lipinski definition) is 2. The molecule has 0 fully saturated rings. The molecule has 0 aliphatic rings. The first kappa shape index (κ1) is 34.0. The van der Waals surface area contributed by atoms with Gasteiger partial charge in [0.25, 0.3) is 0 Å². The van der Waals surface area contributed by atoms with Crippen molar-refractivity contribution in [2.24, 2.45) is 0 Å². The number of thiophene rings is 1. The SMILES string of the molecule is c1ccc(-c2ccc(-c3ccc4ccccc4c3)cc2N(c2ccc(-c3cccc4ccccc34)cc2)c2cccc(-c3cccc4c3sc3ccccc34)c2)cc1. The lowest BCUT2D eigenvalue weighted by Crippen LogP contribution is -2.11. The zero-order valence-corrected chi connectivity index (χ0v) is 32.5. The van der Waals surface area contributed by atoms with Gasteiger partial charge in [0.1, 0.15) is 0 Å². The Labute approximate surface area is 342 Å². The van der Waals surface area contributed by atoms with Gasteiger partial charge in [-0.3, -0.25) is 0 Å². The molecule has 0 aliphatic heterocycles. The molecule has 0 unspecified atom stereocenters. The van der Waals surface area contributed by atoms with E-state index in [0.717, 1.165) is 17.1 Å². The van der Waals surface area contributed by atoms with Crippen LogP contribution in [-0.2, 0) is 0 Å². The summed E-state index contributed by atoms with van der Waals surface area (Å²) in [4.78, 5) is 2.45. The van der Waals surface area contributed by atoms with E-state index in [2.05, 4.69) is 229 Å². The maximum Gasteiger partial charge on any atom is 0.0546 e. The smallest absolute Gasteiger partial charge is 0.0546 e. The summed E-state index contributed by atoms with van der Waals surface area (Å²) in [5, 5.41) is 7.59. The van der Waals surface area contributed by atoms with Crippen molar-refractivity contribution in [3.8, 4) is 44.5 Å². The van der Waals surface area contributed by atoms with Crippen molar-refractivity contribution in [3.05, 3.63) is 224 Å². The minimum Gasteiger partial charge on any atom is -0.310 e. The highest BCUT2D eigenvalue weighted by Crippen LogP contribution is 2.46. The van der Waals surface area contributed by atoms with Crippen molar-refractivity contribution in [1.82, 2.24) is 0 Å². The molecule has 1 aromatic heterocycles. The Morgan fingerprint density at radius 1 is 0.293 bits per heavy atom. The fourth-order valence-corrected chi connectivity index (χ4v) is 9.85. The molecule has 2 heteroatoms. The van der Waals surface area contributed by atoms with Crippen molar-refractivity contribution in [2.75, 3.05) is 4.90 Å². The van der Waals surface area contributed by atoms with E-state index in [9.17, 15) is 0 Å². The standard InChI is InChI=1S/C56H37NS/c1-2-14-40(15-3-1)50-34-31-44(43-28-27-38-13-4-5-17-42(38)35-43)37-54(50)57(46-32-29-41(30-33-46)49-23-11-18-39-16-6-7-21-48(39)49)47-20-10-19-45(36-47)51-24-12-25-53-52-22-8-9-26-55(52)58-56(51)53/h1-37H. The van der Waals surface area contributed by atoms with E-state index in [-0.39, 0.29) is 0 Å². The first-order valence-electron chi connectivity index (χ1n) is 19.8. The molecule has 1 nitrogen and oxygen atoms in total. The molecule has 11 rings (SSSR count). The van der Waals surface area contributed by atoms with Crippen LogP contribution in [0.15, 0.2) is 224 Å². The van der Waals surface area contributed by atoms with Gasteiger partial charge in [-0.15, -0.1) is 11.3 Å². The van der Waals surface area contributed by atoms with Crippen molar-refractivity contribution in [2.45, 2.75) is 0 Å². The van der Waals surface area contributed by atoms with Crippen molar-refractivity contribution in [1.29, 1.82) is 0 Å². The second-order valence-electron chi connectivity index (χ2n) is 14.9. The largest absolute Gasteiger partial charge is 0.310 e. The van der Waals surface area contributed by atoms with E-state index in [4.69, 9.17) is 0 Å². The highest BCUT2D eigenvalue weighted by atomic mass is 32.1. The number of anilines is 3. The molecule has 0 saturated heterocycles. The third kappa shape index (κ3) is 6.03. The highest BCUT2D eigenvalue weighted by Gasteiger charge is 2.20. The van der Waals surface area contributed by atoms with Gasteiger partial charge >= 0.3 is 0 Å². The van der Waals surface area contributed by atoms with Gasteiger partial charge < -0.3 is 4.90 Å². The van der Waals surface area contributed by atoms with E-state index in [1.807, 2.05) is 11.3 Å². The van der Waals surface area contributed by atoms with Crippen LogP contribution in [0.25, 0.3) is 86.2 Å². The van der Waals surface area contributed by atoms with E-state index >= 15 is 0 Å². The van der Waals surface area contributed by atoms with Gasteiger partial charge in [0, 0.05) is 37.1 Å². The van der Waals surface area contributed by atoms with Gasteiger partial charge in [-0.2, -0.15) is 0 Å². The summed E-state index contributed by atoms with van der Waals surface area (Å²) in [6, 6.07) is 82.1. The average Bonchev–Trinajstić information content (AvgIpc) is 3.68. The molecule has 272 valence electrons. The second kappa shape index (κ2) is 14.4. The van der Waals surface area contributed by atoms with E-state index in [1.165, 1.54) is 86.2 Å². The molecule has 58 heavy (non-hydrogen) atoms. The van der Waals surface area contributed by atoms with Crippen LogP contribution in [-0.4, -0.2) is 0 Å². The Kier molecular flexibility index (Phi) is 8.42. The highest BCUT2D eigenvalue weighted by molar-refractivity contribution is 7.26. The number of hydrogen-bond donors (Lipinski definition) is 0. The first-order chi connectivity index (χ1) is 28.7. The van der Waals surface area contributed by atoms with Crippen LogP contribution in [0, 0.1) is 0 Å². The topological polar surface area (TPSA) is 3.24 Å². The zero-order valence-electron chi connectivity index (χ0n) is 31.7. The molecule has 0 bridgehead atoms. The fraction of sp³-hybridized carbons (Fsp3) is 0. The van der Waals surface area contributed by atoms with Crippen LogP contribution >= 0.6 is 11.3 Å². The summed E-state index contributed by atoms with van der Waals surface area (Å²) >= 11 is 1.88. The number of nitrogens with zero attached hydrogens (tertiary/aromatic N) is 1. The average molecular weight is 756 g/mol. The van der Waals surface area contributed by atoms with Gasteiger partial charge in [0.05, 0.1) is 5.69 Å². The molecule has 0 saturated carbocycles. The summed E-state index contributed by atoms with van der Waals surface area (Å²) in [5.74, 6) is 0. The number of benzene rings is 10. The van der Waals surface area contributed by atoms with Crippen molar-refractivity contribution >= 4 is 70.1 Å². The number of rotatable bonds is 7. The summed E-state index contributed by atoms with van der Waals surface area (Å²) in [6.07, 6.45) is 0. The Morgan fingerprint density at radius 2 is 0.897 bits per heavy atom. The van der Waals surface area contributed by atoms with Crippen LogP contribution in [0.1, 0.15) is 0 Å². The molecule has 0 amide bonds. The van der Waals surface area contributed by atoms with Crippen LogP contribution in [0.2, 0.25) is 0 Å². The summed E-state index contributed by atoms with van der Waals surface area (Å²) < 4.78 is 2.63. The Balaban J connectivity index is 1.13. The molecule has 11 aromatic rings. The third-order valence-corrected chi connectivity index (χ3v) is 12.7. The van der Waals surface area contributed by atoms with Crippen molar-refractivity contribution < 1.29 is 0 Å². The molecule has 0 radical (unpaired) electrons. The summed E-state index contributed by atoms with van der Waals surface area (Å²) in [5.41, 5.74) is 12.9. The minimum absolute atomic E-state index is 1.09. The first-order valence-corrected chi connectivity index (χ1v) is 20.6. The molecule has 0 N–H and O–H groups in total. The molecule has 0 atom stereocenters. The van der Waals surface area contributed by atoms with Gasteiger partial charge in [-0.1, -0.05) is 182 Å². The van der Waals surface area contributed by atoms with E-state index < -0.39 is 0 Å². The molecular formula is C56H37NS.